The highest BCUT2D eigenvalue weighted by atomic mass is 32.2. The van der Waals surface area contributed by atoms with Crippen molar-refractivity contribution >= 4 is 21.6 Å². The maximum absolute atomic E-state index is 13.6. The molecule has 0 fully saturated rings. The predicted octanol–water partition coefficient (Wildman–Crippen LogP) is 4.64. The van der Waals surface area contributed by atoms with E-state index in [0.29, 0.717) is 11.4 Å². The first kappa shape index (κ1) is 24.3. The van der Waals surface area contributed by atoms with E-state index < -0.39 is 15.9 Å². The first-order valence-electron chi connectivity index (χ1n) is 10.9. The summed E-state index contributed by atoms with van der Waals surface area (Å²) in [5.74, 6) is -0.0483. The Morgan fingerprint density at radius 2 is 1.64 bits per heavy atom. The van der Waals surface area contributed by atoms with E-state index in [-0.39, 0.29) is 17.5 Å². The minimum atomic E-state index is -4.02. The molecule has 33 heavy (non-hydrogen) atoms. The first-order chi connectivity index (χ1) is 15.8. The number of carbonyl (C=O) groups is 1. The summed E-state index contributed by atoms with van der Waals surface area (Å²) in [5.41, 5.74) is 3.41. The zero-order chi connectivity index (χ0) is 24.0. The number of amides is 1. The van der Waals surface area contributed by atoms with Crippen molar-refractivity contribution < 1.29 is 17.9 Å². The molecule has 7 heteroatoms. The van der Waals surface area contributed by atoms with Gasteiger partial charge in [-0.25, -0.2) is 8.42 Å². The molecule has 0 aliphatic rings. The van der Waals surface area contributed by atoms with Crippen molar-refractivity contribution in [3.05, 3.63) is 89.5 Å². The Labute approximate surface area is 196 Å². The SMILES string of the molecule is CCc1ccc([C@H](C)NC(=O)CN(c2ccccc2OC)S(=O)(=O)c2ccc(C)cc2)cc1. The molecule has 1 atom stereocenters. The number of anilines is 1. The molecule has 0 saturated carbocycles. The number of nitrogens with one attached hydrogen (secondary N) is 1. The lowest BCUT2D eigenvalue weighted by molar-refractivity contribution is -0.120. The summed E-state index contributed by atoms with van der Waals surface area (Å²) >= 11 is 0. The molecule has 3 rings (SSSR count). The van der Waals surface area contributed by atoms with E-state index in [0.717, 1.165) is 21.9 Å². The van der Waals surface area contributed by atoms with Crippen molar-refractivity contribution in [3.63, 3.8) is 0 Å². The smallest absolute Gasteiger partial charge is 0.264 e. The van der Waals surface area contributed by atoms with Gasteiger partial charge in [0.1, 0.15) is 12.3 Å². The van der Waals surface area contributed by atoms with Crippen LogP contribution in [0.2, 0.25) is 0 Å². The molecule has 6 nitrogen and oxygen atoms in total. The van der Waals surface area contributed by atoms with Gasteiger partial charge in [-0.1, -0.05) is 61.0 Å². The average molecular weight is 467 g/mol. The number of rotatable bonds is 9. The Balaban J connectivity index is 1.90. The lowest BCUT2D eigenvalue weighted by atomic mass is 10.1. The monoisotopic (exact) mass is 466 g/mol. The van der Waals surface area contributed by atoms with Gasteiger partial charge in [0.15, 0.2) is 0 Å². The summed E-state index contributed by atoms with van der Waals surface area (Å²) in [6.45, 7) is 5.46. The second-order valence-electron chi connectivity index (χ2n) is 7.88. The van der Waals surface area contributed by atoms with Crippen molar-refractivity contribution in [3.8, 4) is 5.75 Å². The average Bonchev–Trinajstić information content (AvgIpc) is 2.82. The fourth-order valence-electron chi connectivity index (χ4n) is 3.52. The van der Waals surface area contributed by atoms with Crippen LogP contribution in [0.5, 0.6) is 5.75 Å². The molecule has 0 aromatic heterocycles. The second kappa shape index (κ2) is 10.5. The van der Waals surface area contributed by atoms with Crippen molar-refractivity contribution in [2.45, 2.75) is 38.1 Å². The molecule has 3 aromatic rings. The third kappa shape index (κ3) is 5.73. The van der Waals surface area contributed by atoms with Gasteiger partial charge in [0, 0.05) is 0 Å². The number of benzene rings is 3. The topological polar surface area (TPSA) is 75.7 Å². The molecule has 174 valence electrons. The van der Waals surface area contributed by atoms with Gasteiger partial charge in [0.05, 0.1) is 23.7 Å². The van der Waals surface area contributed by atoms with Crippen LogP contribution >= 0.6 is 0 Å². The van der Waals surface area contributed by atoms with E-state index >= 15 is 0 Å². The van der Waals surface area contributed by atoms with Gasteiger partial charge >= 0.3 is 0 Å². The van der Waals surface area contributed by atoms with Crippen LogP contribution in [0.15, 0.2) is 77.7 Å². The van der Waals surface area contributed by atoms with Crippen LogP contribution in [0.1, 0.15) is 36.6 Å². The van der Waals surface area contributed by atoms with Crippen LogP contribution in [0.25, 0.3) is 0 Å². The van der Waals surface area contributed by atoms with E-state index in [2.05, 4.69) is 12.2 Å². The van der Waals surface area contributed by atoms with Crippen LogP contribution in [-0.4, -0.2) is 28.0 Å². The molecule has 0 unspecified atom stereocenters. The summed E-state index contributed by atoms with van der Waals surface area (Å²) in [7, 11) is -2.55. The van der Waals surface area contributed by atoms with Crippen LogP contribution in [-0.2, 0) is 21.2 Å². The normalized spacial score (nSPS) is 12.1. The number of hydrogen-bond donors (Lipinski definition) is 1. The van der Waals surface area contributed by atoms with Gasteiger partial charge in [0.25, 0.3) is 10.0 Å². The van der Waals surface area contributed by atoms with Crippen LogP contribution in [0.4, 0.5) is 5.69 Å². The molecule has 0 aliphatic heterocycles. The summed E-state index contributed by atoms with van der Waals surface area (Å²) < 4.78 is 33.6. The quantitative estimate of drug-likeness (QED) is 0.499. The predicted molar refractivity (Wildman–Crippen MR) is 131 cm³/mol. The zero-order valence-corrected chi connectivity index (χ0v) is 20.2. The van der Waals surface area contributed by atoms with E-state index in [9.17, 15) is 13.2 Å². The minimum absolute atomic E-state index is 0.106. The molecule has 3 aromatic carbocycles. The highest BCUT2D eigenvalue weighted by molar-refractivity contribution is 7.92. The summed E-state index contributed by atoms with van der Waals surface area (Å²) in [6.07, 6.45) is 0.936. The highest BCUT2D eigenvalue weighted by Gasteiger charge is 2.29. The number of aryl methyl sites for hydroxylation is 2. The van der Waals surface area contributed by atoms with E-state index in [1.165, 1.54) is 12.7 Å². The Morgan fingerprint density at radius 1 is 1.00 bits per heavy atom. The number of nitrogens with zero attached hydrogens (tertiary/aromatic N) is 1. The van der Waals surface area contributed by atoms with Gasteiger partial charge < -0.3 is 10.1 Å². The molecule has 1 amide bonds. The van der Waals surface area contributed by atoms with Crippen LogP contribution in [0, 0.1) is 6.92 Å². The van der Waals surface area contributed by atoms with Gasteiger partial charge in [-0.15, -0.1) is 0 Å². The summed E-state index contributed by atoms with van der Waals surface area (Å²) in [4.78, 5) is 13.1. The van der Waals surface area contributed by atoms with Crippen LogP contribution in [0.3, 0.4) is 0 Å². The standard InChI is InChI=1S/C26H30N2O4S/c1-5-21-12-14-22(15-13-21)20(3)27-26(29)18-28(24-8-6-7-9-25(24)32-4)33(30,31)23-16-10-19(2)11-17-23/h6-17,20H,5,18H2,1-4H3,(H,27,29)/t20-/m0/s1. The molecule has 0 heterocycles. The summed E-state index contributed by atoms with van der Waals surface area (Å²) in [5, 5.41) is 2.92. The van der Waals surface area contributed by atoms with Gasteiger partial charge in [0.2, 0.25) is 5.91 Å². The molecular weight excluding hydrogens is 436 g/mol. The minimum Gasteiger partial charge on any atom is -0.495 e. The molecule has 0 spiro atoms. The number of carbonyl (C=O) groups excluding carboxylic acids is 1. The molecule has 0 bridgehead atoms. The zero-order valence-electron chi connectivity index (χ0n) is 19.4. The van der Waals surface area contributed by atoms with E-state index in [1.807, 2.05) is 38.1 Å². The fraction of sp³-hybridized carbons (Fsp3) is 0.269. The van der Waals surface area contributed by atoms with Gasteiger partial charge in [-0.2, -0.15) is 0 Å². The molecule has 0 radical (unpaired) electrons. The van der Waals surface area contributed by atoms with Crippen molar-refractivity contribution in [2.75, 3.05) is 18.0 Å². The molecule has 0 aliphatic carbocycles. The van der Waals surface area contributed by atoms with E-state index in [1.54, 1.807) is 48.5 Å². The number of sulfonamides is 1. The lowest BCUT2D eigenvalue weighted by Gasteiger charge is -2.26. The molecule has 1 N–H and O–H groups in total. The Bertz CT molecular complexity index is 1190. The highest BCUT2D eigenvalue weighted by Crippen LogP contribution is 2.32. The largest absolute Gasteiger partial charge is 0.495 e. The summed E-state index contributed by atoms with van der Waals surface area (Å²) in [6, 6.07) is 21.1. The van der Waals surface area contributed by atoms with Crippen molar-refractivity contribution in [1.82, 2.24) is 5.32 Å². The third-order valence-electron chi connectivity index (χ3n) is 5.52. The lowest BCUT2D eigenvalue weighted by Crippen LogP contribution is -2.41. The second-order valence-corrected chi connectivity index (χ2v) is 9.74. The maximum Gasteiger partial charge on any atom is 0.264 e. The van der Waals surface area contributed by atoms with Crippen molar-refractivity contribution in [1.29, 1.82) is 0 Å². The van der Waals surface area contributed by atoms with Gasteiger partial charge in [-0.05, 0) is 55.7 Å². The fourth-order valence-corrected chi connectivity index (χ4v) is 4.95. The van der Waals surface area contributed by atoms with Crippen LogP contribution < -0.4 is 14.4 Å². The molecular formula is C26H30N2O4S. The number of para-hydroxylation sites is 2. The number of hydrogen-bond acceptors (Lipinski definition) is 4. The Hall–Kier alpha value is -3.32. The first-order valence-corrected chi connectivity index (χ1v) is 12.3. The Morgan fingerprint density at radius 3 is 2.24 bits per heavy atom. The molecule has 0 saturated heterocycles. The maximum atomic E-state index is 13.6. The third-order valence-corrected chi connectivity index (χ3v) is 7.29. The van der Waals surface area contributed by atoms with E-state index in [4.69, 9.17) is 4.74 Å². The van der Waals surface area contributed by atoms with Crippen molar-refractivity contribution in [2.24, 2.45) is 0 Å². The number of ether oxygens (including phenoxy) is 1. The number of methoxy groups -OCH3 is 1. The Kier molecular flexibility index (Phi) is 7.76. The van der Waals surface area contributed by atoms with Gasteiger partial charge in [-0.3, -0.25) is 9.10 Å².